The molecule has 5 atom stereocenters. The van der Waals surface area contributed by atoms with E-state index in [1.807, 2.05) is 0 Å². The van der Waals surface area contributed by atoms with Crippen LogP contribution in [-0.4, -0.2) is 75.1 Å². The second kappa shape index (κ2) is 5.36. The van der Waals surface area contributed by atoms with Crippen LogP contribution in [0.15, 0.2) is 5.70 Å². The van der Waals surface area contributed by atoms with Gasteiger partial charge in [-0.15, -0.1) is 0 Å². The van der Waals surface area contributed by atoms with Crippen molar-refractivity contribution in [1.82, 2.24) is 4.90 Å². The van der Waals surface area contributed by atoms with Gasteiger partial charge in [0.25, 0.3) is 0 Å². The van der Waals surface area contributed by atoms with Gasteiger partial charge in [0.1, 0.15) is 36.1 Å². The van der Waals surface area contributed by atoms with Crippen LogP contribution in [-0.2, 0) is 9.53 Å². The molecule has 0 amide bonds. The monoisotopic (exact) mass is 259 g/mol. The zero-order valence-corrected chi connectivity index (χ0v) is 9.77. The van der Waals surface area contributed by atoms with Crippen molar-refractivity contribution in [1.29, 1.82) is 0 Å². The maximum Gasteiger partial charge on any atom is 0.184 e. The molecule has 2 heterocycles. The molecule has 2 aliphatic heterocycles. The van der Waals surface area contributed by atoms with Gasteiger partial charge in [-0.25, -0.2) is 4.79 Å². The summed E-state index contributed by atoms with van der Waals surface area (Å²) < 4.78 is 4.87. The van der Waals surface area contributed by atoms with E-state index >= 15 is 0 Å². The van der Waals surface area contributed by atoms with Crippen LogP contribution in [0.5, 0.6) is 0 Å². The van der Waals surface area contributed by atoms with Crippen molar-refractivity contribution >= 4 is 5.94 Å². The van der Waals surface area contributed by atoms with E-state index in [0.717, 1.165) is 12.8 Å². The number of likely N-dealkylation sites (tertiary alicyclic amines) is 1. The van der Waals surface area contributed by atoms with E-state index in [-0.39, 0.29) is 5.70 Å². The predicted octanol–water partition coefficient (Wildman–Crippen LogP) is -2.40. The first-order chi connectivity index (χ1) is 8.56. The molecule has 2 fully saturated rings. The second-order valence-corrected chi connectivity index (χ2v) is 4.60. The van der Waals surface area contributed by atoms with Crippen LogP contribution in [0.3, 0.4) is 0 Å². The maximum atomic E-state index is 10.9. The Hall–Kier alpha value is -0.950. The van der Waals surface area contributed by atoms with Crippen molar-refractivity contribution in [3.8, 4) is 0 Å². The zero-order valence-electron chi connectivity index (χ0n) is 9.77. The molecule has 0 saturated carbocycles. The summed E-state index contributed by atoms with van der Waals surface area (Å²) >= 11 is 0. The van der Waals surface area contributed by atoms with Gasteiger partial charge in [-0.3, -0.25) is 0 Å². The van der Waals surface area contributed by atoms with E-state index in [2.05, 4.69) is 0 Å². The molecule has 0 radical (unpaired) electrons. The maximum absolute atomic E-state index is 10.9. The van der Waals surface area contributed by atoms with Gasteiger partial charge in [0, 0.05) is 13.1 Å². The number of ether oxygens (including phenoxy) is 1. The lowest BCUT2D eigenvalue weighted by Gasteiger charge is -2.27. The lowest BCUT2D eigenvalue weighted by atomic mass is 10.0. The standard InChI is InChI=1S/C11H17NO6/c13-5-6(12-3-1-2-4-12)7(14)10-8(15)9(16)11(17)18-10/h7-11,14-17H,1-4H2/t7-,8-,9-,10-,11+/m1/s1. The Morgan fingerprint density at radius 1 is 1.22 bits per heavy atom. The van der Waals surface area contributed by atoms with Crippen LogP contribution >= 0.6 is 0 Å². The Morgan fingerprint density at radius 2 is 1.83 bits per heavy atom. The molecule has 7 nitrogen and oxygen atoms in total. The summed E-state index contributed by atoms with van der Waals surface area (Å²) in [7, 11) is 0. The van der Waals surface area contributed by atoms with Crippen molar-refractivity contribution in [3.63, 3.8) is 0 Å². The fourth-order valence-electron chi connectivity index (χ4n) is 2.37. The molecule has 4 N–H and O–H groups in total. The molecular weight excluding hydrogens is 242 g/mol. The number of aliphatic hydroxyl groups excluding tert-OH is 4. The summed E-state index contributed by atoms with van der Waals surface area (Å²) in [4.78, 5) is 12.6. The summed E-state index contributed by atoms with van der Waals surface area (Å²) in [5.41, 5.74) is -0.00199. The highest BCUT2D eigenvalue weighted by Gasteiger charge is 2.47. The summed E-state index contributed by atoms with van der Waals surface area (Å²) in [6, 6.07) is 0. The Kier molecular flexibility index (Phi) is 4.01. The largest absolute Gasteiger partial charge is 0.387 e. The average Bonchev–Trinajstić information content (AvgIpc) is 2.95. The minimum atomic E-state index is -1.56. The number of aliphatic hydroxyl groups is 4. The molecule has 2 saturated heterocycles. The molecule has 0 aliphatic carbocycles. The number of hydrogen-bond donors (Lipinski definition) is 4. The van der Waals surface area contributed by atoms with Gasteiger partial charge in [-0.1, -0.05) is 0 Å². The minimum Gasteiger partial charge on any atom is -0.387 e. The molecule has 0 aromatic carbocycles. The number of carbonyl (C=O) groups excluding carboxylic acids is 1. The first-order valence-corrected chi connectivity index (χ1v) is 5.94. The van der Waals surface area contributed by atoms with Crippen LogP contribution < -0.4 is 0 Å². The summed E-state index contributed by atoms with van der Waals surface area (Å²) in [6.07, 6.45) is -5.31. The van der Waals surface area contributed by atoms with Gasteiger partial charge in [0.2, 0.25) is 0 Å². The van der Waals surface area contributed by atoms with E-state index in [0.29, 0.717) is 13.1 Å². The molecule has 0 spiro atoms. The second-order valence-electron chi connectivity index (χ2n) is 4.60. The molecule has 0 unspecified atom stereocenters. The highest BCUT2D eigenvalue weighted by Crippen LogP contribution is 2.27. The van der Waals surface area contributed by atoms with Gasteiger partial charge >= 0.3 is 0 Å². The fourth-order valence-corrected chi connectivity index (χ4v) is 2.37. The number of nitrogens with zero attached hydrogens (tertiary/aromatic N) is 1. The van der Waals surface area contributed by atoms with Gasteiger partial charge < -0.3 is 30.1 Å². The third-order valence-corrected chi connectivity index (χ3v) is 3.42. The molecular formula is C11H17NO6. The molecule has 102 valence electrons. The van der Waals surface area contributed by atoms with E-state index in [1.165, 1.54) is 0 Å². The van der Waals surface area contributed by atoms with Crippen LogP contribution in [0.4, 0.5) is 0 Å². The average molecular weight is 259 g/mol. The molecule has 2 rings (SSSR count). The predicted molar refractivity (Wildman–Crippen MR) is 58.9 cm³/mol. The Labute approximate surface area is 104 Å². The van der Waals surface area contributed by atoms with Crippen molar-refractivity contribution in [2.45, 2.75) is 43.5 Å². The van der Waals surface area contributed by atoms with Crippen molar-refractivity contribution in [2.24, 2.45) is 0 Å². The van der Waals surface area contributed by atoms with Gasteiger partial charge in [-0.05, 0) is 12.8 Å². The van der Waals surface area contributed by atoms with Crippen LogP contribution in [0.1, 0.15) is 12.8 Å². The van der Waals surface area contributed by atoms with Gasteiger partial charge in [-0.2, -0.15) is 0 Å². The minimum absolute atomic E-state index is 0.00199. The number of hydrogen-bond acceptors (Lipinski definition) is 7. The molecule has 0 bridgehead atoms. The summed E-state index contributed by atoms with van der Waals surface area (Å²) in [6.45, 7) is 1.27. The summed E-state index contributed by atoms with van der Waals surface area (Å²) in [5, 5.41) is 38.2. The lowest BCUT2D eigenvalue weighted by molar-refractivity contribution is -0.143. The Bertz CT molecular complexity index is 349. The first-order valence-electron chi connectivity index (χ1n) is 5.94. The van der Waals surface area contributed by atoms with E-state index in [9.17, 15) is 25.2 Å². The molecule has 18 heavy (non-hydrogen) atoms. The lowest BCUT2D eigenvalue weighted by Crippen LogP contribution is -2.43. The molecule has 2 aliphatic rings. The van der Waals surface area contributed by atoms with Crippen molar-refractivity contribution in [3.05, 3.63) is 5.70 Å². The summed E-state index contributed by atoms with van der Waals surface area (Å²) in [5.74, 6) is 1.66. The number of rotatable bonds is 3. The van der Waals surface area contributed by atoms with E-state index in [1.54, 1.807) is 10.8 Å². The van der Waals surface area contributed by atoms with Crippen LogP contribution in [0, 0.1) is 0 Å². The highest BCUT2D eigenvalue weighted by atomic mass is 16.6. The van der Waals surface area contributed by atoms with Crippen LogP contribution in [0.2, 0.25) is 0 Å². The van der Waals surface area contributed by atoms with E-state index < -0.39 is 30.7 Å². The SMILES string of the molecule is O=C=C([C@@H](O)[C@H]1O[C@H](O)[C@H](O)[C@H]1O)N1CCCC1. The first kappa shape index (κ1) is 13.5. The van der Waals surface area contributed by atoms with Crippen LogP contribution in [0.25, 0.3) is 0 Å². The normalized spacial score (nSPS) is 37.7. The highest BCUT2D eigenvalue weighted by molar-refractivity contribution is 5.53. The third kappa shape index (κ3) is 2.29. The smallest absolute Gasteiger partial charge is 0.184 e. The Balaban J connectivity index is 2.10. The molecule has 0 aromatic heterocycles. The third-order valence-electron chi connectivity index (χ3n) is 3.42. The van der Waals surface area contributed by atoms with E-state index in [4.69, 9.17) is 4.74 Å². The molecule has 7 heteroatoms. The zero-order chi connectivity index (χ0) is 13.3. The quantitative estimate of drug-likeness (QED) is 0.418. The van der Waals surface area contributed by atoms with Gasteiger partial charge in [0.15, 0.2) is 6.29 Å². The Morgan fingerprint density at radius 3 is 2.28 bits per heavy atom. The van der Waals surface area contributed by atoms with Gasteiger partial charge in [0.05, 0.1) is 0 Å². The molecule has 0 aromatic rings. The van der Waals surface area contributed by atoms with Crippen molar-refractivity contribution in [2.75, 3.05) is 13.1 Å². The topological polar surface area (TPSA) is 110 Å². The van der Waals surface area contributed by atoms with Crippen molar-refractivity contribution < 1.29 is 30.0 Å². The fraction of sp³-hybridized carbons (Fsp3) is 0.818.